The summed E-state index contributed by atoms with van der Waals surface area (Å²) in [6, 6.07) is 10.1. The van der Waals surface area contributed by atoms with Crippen LogP contribution in [0.1, 0.15) is 22.5 Å². The molecule has 0 saturated carbocycles. The smallest absolute Gasteiger partial charge is 0.105 e. The Balaban J connectivity index is 1.94. The number of hydrogen-bond acceptors (Lipinski definition) is 3. The Bertz CT molecular complexity index is 487. The van der Waals surface area contributed by atoms with E-state index >= 15 is 0 Å². The van der Waals surface area contributed by atoms with E-state index in [1.807, 2.05) is 25.1 Å². The van der Waals surface area contributed by atoms with Crippen molar-refractivity contribution in [2.45, 2.75) is 26.6 Å². The monoisotopic (exact) mass is 245 g/mol. The molecule has 0 radical (unpaired) electrons. The Morgan fingerprint density at radius 3 is 2.28 bits per heavy atom. The Labute approximate surface area is 108 Å². The van der Waals surface area contributed by atoms with E-state index in [0.717, 1.165) is 24.4 Å². The molecule has 2 rings (SSSR count). The van der Waals surface area contributed by atoms with Gasteiger partial charge in [-0.05, 0) is 31.2 Å². The number of benzene rings is 1. The van der Waals surface area contributed by atoms with E-state index < -0.39 is 0 Å². The second-order valence-corrected chi connectivity index (χ2v) is 4.65. The third-order valence-electron chi connectivity index (χ3n) is 3.06. The minimum atomic E-state index is 0.102. The van der Waals surface area contributed by atoms with Crippen molar-refractivity contribution < 1.29 is 9.52 Å². The molecule has 1 aromatic carbocycles. The average molecular weight is 245 g/mol. The van der Waals surface area contributed by atoms with Crippen molar-refractivity contribution in [3.63, 3.8) is 0 Å². The molecule has 0 atom stereocenters. The predicted octanol–water partition coefficient (Wildman–Crippen LogP) is 2.71. The first kappa shape index (κ1) is 12.9. The van der Waals surface area contributed by atoms with Gasteiger partial charge < -0.3 is 9.52 Å². The van der Waals surface area contributed by atoms with Gasteiger partial charge in [0.2, 0.25) is 0 Å². The van der Waals surface area contributed by atoms with Gasteiger partial charge in [0.15, 0.2) is 0 Å². The molecule has 0 unspecified atom stereocenters. The first-order valence-corrected chi connectivity index (χ1v) is 6.09. The summed E-state index contributed by atoms with van der Waals surface area (Å²) in [5, 5.41) is 8.99. The van der Waals surface area contributed by atoms with Crippen LogP contribution in [0, 0.1) is 6.92 Å². The van der Waals surface area contributed by atoms with Crippen LogP contribution in [0.5, 0.6) is 0 Å². The number of aliphatic hydroxyl groups is 1. The van der Waals surface area contributed by atoms with E-state index in [-0.39, 0.29) is 6.61 Å². The lowest BCUT2D eigenvalue weighted by Crippen LogP contribution is -2.17. The average Bonchev–Trinajstić information content (AvgIpc) is 2.76. The van der Waals surface area contributed by atoms with E-state index in [1.54, 1.807) is 6.26 Å². The van der Waals surface area contributed by atoms with Crippen LogP contribution < -0.4 is 0 Å². The molecule has 0 fully saturated rings. The van der Waals surface area contributed by atoms with Crippen LogP contribution in [-0.4, -0.2) is 17.1 Å². The van der Waals surface area contributed by atoms with Gasteiger partial charge in [0.05, 0.1) is 12.9 Å². The first-order chi connectivity index (χ1) is 8.69. The van der Waals surface area contributed by atoms with Gasteiger partial charge >= 0.3 is 0 Å². The Morgan fingerprint density at radius 1 is 1.06 bits per heavy atom. The Morgan fingerprint density at radius 2 is 1.72 bits per heavy atom. The molecule has 0 spiro atoms. The lowest BCUT2D eigenvalue weighted by molar-refractivity contribution is 0.281. The second-order valence-electron chi connectivity index (χ2n) is 4.65. The van der Waals surface area contributed by atoms with Crippen molar-refractivity contribution in [2.75, 3.05) is 7.05 Å². The Hall–Kier alpha value is -1.58. The zero-order valence-corrected chi connectivity index (χ0v) is 10.9. The van der Waals surface area contributed by atoms with Crippen LogP contribution in [0.4, 0.5) is 0 Å². The van der Waals surface area contributed by atoms with Gasteiger partial charge in [-0.15, -0.1) is 0 Å². The van der Waals surface area contributed by atoms with Gasteiger partial charge in [0.25, 0.3) is 0 Å². The Kier molecular flexibility index (Phi) is 4.18. The molecule has 0 amide bonds. The molecule has 18 heavy (non-hydrogen) atoms. The quantitative estimate of drug-likeness (QED) is 0.880. The van der Waals surface area contributed by atoms with Crippen LogP contribution in [0.15, 0.2) is 41.0 Å². The highest BCUT2D eigenvalue weighted by atomic mass is 16.3. The fourth-order valence-electron chi connectivity index (χ4n) is 1.98. The molecule has 1 aromatic heterocycles. The summed E-state index contributed by atoms with van der Waals surface area (Å²) in [6.07, 6.45) is 1.73. The summed E-state index contributed by atoms with van der Waals surface area (Å²) in [5.41, 5.74) is 3.42. The zero-order valence-electron chi connectivity index (χ0n) is 10.9. The minimum absolute atomic E-state index is 0.102. The van der Waals surface area contributed by atoms with Crippen LogP contribution in [-0.2, 0) is 19.7 Å². The summed E-state index contributed by atoms with van der Waals surface area (Å²) in [4.78, 5) is 2.24. The van der Waals surface area contributed by atoms with Crippen LogP contribution in [0.2, 0.25) is 0 Å². The molecule has 0 saturated heterocycles. The summed E-state index contributed by atoms with van der Waals surface area (Å²) in [6.45, 7) is 3.85. The van der Waals surface area contributed by atoms with Gasteiger partial charge in [-0.1, -0.05) is 24.3 Å². The zero-order chi connectivity index (χ0) is 13.0. The molecule has 3 nitrogen and oxygen atoms in total. The molecular weight excluding hydrogens is 226 g/mol. The van der Waals surface area contributed by atoms with Crippen molar-refractivity contribution in [3.8, 4) is 0 Å². The maximum atomic E-state index is 8.99. The van der Waals surface area contributed by atoms with Crippen LogP contribution in [0.3, 0.4) is 0 Å². The van der Waals surface area contributed by atoms with Gasteiger partial charge in [-0.25, -0.2) is 0 Å². The largest absolute Gasteiger partial charge is 0.469 e. The molecule has 96 valence electrons. The van der Waals surface area contributed by atoms with E-state index in [0.29, 0.717) is 0 Å². The van der Waals surface area contributed by atoms with E-state index in [9.17, 15) is 0 Å². The number of rotatable bonds is 5. The molecule has 1 heterocycles. The number of hydrogen-bond donors (Lipinski definition) is 1. The fraction of sp³-hybridized carbons (Fsp3) is 0.333. The van der Waals surface area contributed by atoms with Crippen molar-refractivity contribution in [1.29, 1.82) is 0 Å². The van der Waals surface area contributed by atoms with Crippen molar-refractivity contribution in [2.24, 2.45) is 0 Å². The molecule has 0 bridgehead atoms. The summed E-state index contributed by atoms with van der Waals surface area (Å²) in [5.74, 6) is 0.984. The molecule has 0 aliphatic carbocycles. The van der Waals surface area contributed by atoms with Crippen molar-refractivity contribution in [1.82, 2.24) is 4.90 Å². The fourth-order valence-corrected chi connectivity index (χ4v) is 1.98. The molecule has 0 aliphatic heterocycles. The highest BCUT2D eigenvalue weighted by molar-refractivity contribution is 5.22. The highest BCUT2D eigenvalue weighted by Gasteiger charge is 2.06. The lowest BCUT2D eigenvalue weighted by Gasteiger charge is -2.16. The first-order valence-electron chi connectivity index (χ1n) is 6.09. The summed E-state index contributed by atoms with van der Waals surface area (Å²) >= 11 is 0. The van der Waals surface area contributed by atoms with Gasteiger partial charge in [0.1, 0.15) is 5.76 Å². The topological polar surface area (TPSA) is 36.6 Å². The van der Waals surface area contributed by atoms with Crippen LogP contribution in [0.25, 0.3) is 0 Å². The SMILES string of the molecule is Cc1occc1CN(C)Cc1ccc(CO)cc1. The number of nitrogens with zero attached hydrogens (tertiary/aromatic N) is 1. The van der Waals surface area contributed by atoms with Crippen LogP contribution >= 0.6 is 0 Å². The second kappa shape index (κ2) is 5.85. The normalized spacial score (nSPS) is 11.1. The number of furan rings is 1. The maximum Gasteiger partial charge on any atom is 0.105 e. The number of aliphatic hydroxyl groups excluding tert-OH is 1. The molecule has 2 aromatic rings. The highest BCUT2D eigenvalue weighted by Crippen LogP contribution is 2.13. The van der Waals surface area contributed by atoms with Crippen molar-refractivity contribution in [3.05, 3.63) is 59.0 Å². The van der Waals surface area contributed by atoms with E-state index in [1.165, 1.54) is 11.1 Å². The molecule has 3 heteroatoms. The molecular formula is C15H19NO2. The summed E-state index contributed by atoms with van der Waals surface area (Å²) in [7, 11) is 2.09. The van der Waals surface area contributed by atoms with E-state index in [4.69, 9.17) is 9.52 Å². The van der Waals surface area contributed by atoms with Gasteiger partial charge in [0, 0.05) is 18.7 Å². The molecule has 0 aliphatic rings. The third-order valence-corrected chi connectivity index (χ3v) is 3.06. The van der Waals surface area contributed by atoms with Crippen molar-refractivity contribution >= 4 is 0 Å². The standard InChI is InChI=1S/C15H19NO2/c1-12-15(7-8-18-12)10-16(2)9-13-3-5-14(11-17)6-4-13/h3-8,17H,9-11H2,1-2H3. The van der Waals surface area contributed by atoms with Gasteiger partial charge in [-0.2, -0.15) is 0 Å². The molecule has 1 N–H and O–H groups in total. The third kappa shape index (κ3) is 3.22. The summed E-state index contributed by atoms with van der Waals surface area (Å²) < 4.78 is 5.29. The number of aryl methyl sites for hydroxylation is 1. The predicted molar refractivity (Wildman–Crippen MR) is 71.0 cm³/mol. The lowest BCUT2D eigenvalue weighted by atomic mass is 10.1. The van der Waals surface area contributed by atoms with E-state index in [2.05, 4.69) is 24.1 Å². The van der Waals surface area contributed by atoms with Gasteiger partial charge in [-0.3, -0.25) is 4.90 Å². The maximum absolute atomic E-state index is 8.99. The minimum Gasteiger partial charge on any atom is -0.469 e.